The molecule has 3 aromatic rings. The Bertz CT molecular complexity index is 832. The van der Waals surface area contributed by atoms with Crippen LogP contribution in [0.4, 0.5) is 11.6 Å². The van der Waals surface area contributed by atoms with Crippen LogP contribution in [0.1, 0.15) is 5.56 Å². The van der Waals surface area contributed by atoms with Gasteiger partial charge in [0.1, 0.15) is 11.6 Å². The van der Waals surface area contributed by atoms with E-state index in [2.05, 4.69) is 31.5 Å². The highest BCUT2D eigenvalue weighted by Gasteiger charge is 2.13. The number of H-pyrrole nitrogens is 1. The molecule has 0 saturated heterocycles. The smallest absolute Gasteiger partial charge is 0.224 e. The lowest BCUT2D eigenvalue weighted by atomic mass is 10.1. The van der Waals surface area contributed by atoms with Gasteiger partial charge >= 0.3 is 0 Å². The zero-order valence-corrected chi connectivity index (χ0v) is 12.3. The number of hydrogen-bond donors (Lipinski definition) is 2. The van der Waals surface area contributed by atoms with Gasteiger partial charge in [-0.25, -0.2) is 9.97 Å². The van der Waals surface area contributed by atoms with Crippen molar-refractivity contribution in [3.8, 4) is 17.0 Å². The van der Waals surface area contributed by atoms with Crippen molar-refractivity contribution < 1.29 is 4.74 Å². The molecule has 2 aromatic heterocycles. The highest BCUT2D eigenvalue weighted by molar-refractivity contribution is 6.28. The van der Waals surface area contributed by atoms with Crippen molar-refractivity contribution in [2.75, 3.05) is 11.9 Å². The van der Waals surface area contributed by atoms with Crippen LogP contribution < -0.4 is 10.1 Å². The van der Waals surface area contributed by atoms with Crippen LogP contribution in [0.3, 0.4) is 0 Å². The van der Waals surface area contributed by atoms with Gasteiger partial charge in [-0.15, -0.1) is 0 Å². The minimum atomic E-state index is 0.194. The molecule has 22 heavy (non-hydrogen) atoms. The Kier molecular flexibility index (Phi) is 3.16. The van der Waals surface area contributed by atoms with Crippen molar-refractivity contribution in [1.29, 1.82) is 0 Å². The van der Waals surface area contributed by atoms with Crippen LogP contribution in [-0.4, -0.2) is 26.8 Å². The van der Waals surface area contributed by atoms with Crippen LogP contribution in [0.15, 0.2) is 36.5 Å². The maximum absolute atomic E-state index is 5.76. The summed E-state index contributed by atoms with van der Waals surface area (Å²) in [5.74, 6) is 2.24. The lowest BCUT2D eigenvalue weighted by molar-refractivity contribution is 0.357. The maximum Gasteiger partial charge on any atom is 0.224 e. The highest BCUT2D eigenvalue weighted by Crippen LogP contribution is 2.30. The van der Waals surface area contributed by atoms with Crippen LogP contribution in [0, 0.1) is 0 Å². The van der Waals surface area contributed by atoms with Crippen LogP contribution in [0.25, 0.3) is 11.3 Å². The van der Waals surface area contributed by atoms with Crippen LogP contribution in [-0.2, 0) is 6.42 Å². The number of anilines is 2. The second-order valence-electron chi connectivity index (χ2n) is 4.92. The minimum absolute atomic E-state index is 0.194. The molecule has 0 radical (unpaired) electrons. The fraction of sp³-hybridized carbons (Fsp3) is 0.133. The van der Waals surface area contributed by atoms with Crippen molar-refractivity contribution in [3.05, 3.63) is 47.4 Å². The number of nitrogens with zero attached hydrogens (tertiary/aromatic N) is 3. The van der Waals surface area contributed by atoms with Gasteiger partial charge in [-0.05, 0) is 41.4 Å². The predicted molar refractivity (Wildman–Crippen MR) is 83.5 cm³/mol. The number of aromatic amines is 1. The number of ether oxygens (including phenoxy) is 1. The summed E-state index contributed by atoms with van der Waals surface area (Å²) in [6.45, 7) is 0.753. The van der Waals surface area contributed by atoms with E-state index in [1.165, 1.54) is 5.56 Å². The van der Waals surface area contributed by atoms with Crippen molar-refractivity contribution in [1.82, 2.24) is 20.2 Å². The molecule has 0 unspecified atom stereocenters. The summed E-state index contributed by atoms with van der Waals surface area (Å²) in [5.41, 5.74) is 3.23. The maximum atomic E-state index is 5.76. The molecule has 110 valence electrons. The number of hydrogen-bond acceptors (Lipinski definition) is 5. The molecule has 0 amide bonds. The van der Waals surface area contributed by atoms with Crippen LogP contribution in [0.5, 0.6) is 5.75 Å². The fourth-order valence-corrected chi connectivity index (χ4v) is 2.57. The molecular formula is C15H12ClN5O. The minimum Gasteiger partial charge on any atom is -0.493 e. The van der Waals surface area contributed by atoms with Crippen molar-refractivity contribution in [2.24, 2.45) is 0 Å². The largest absolute Gasteiger partial charge is 0.493 e. The average Bonchev–Trinajstić information content (AvgIpc) is 3.15. The first-order valence-corrected chi connectivity index (χ1v) is 7.23. The molecule has 1 aliphatic heterocycles. The van der Waals surface area contributed by atoms with E-state index in [0.717, 1.165) is 30.0 Å². The quantitative estimate of drug-likeness (QED) is 0.726. The first kappa shape index (κ1) is 13.1. The Labute approximate surface area is 131 Å². The van der Waals surface area contributed by atoms with E-state index < -0.39 is 0 Å². The molecule has 4 rings (SSSR count). The Morgan fingerprint density at radius 1 is 1.18 bits per heavy atom. The first-order valence-electron chi connectivity index (χ1n) is 6.85. The zero-order valence-electron chi connectivity index (χ0n) is 11.5. The molecule has 7 heteroatoms. The summed E-state index contributed by atoms with van der Waals surface area (Å²) >= 11 is 5.76. The third kappa shape index (κ3) is 2.48. The van der Waals surface area contributed by atoms with E-state index >= 15 is 0 Å². The van der Waals surface area contributed by atoms with Crippen molar-refractivity contribution in [3.63, 3.8) is 0 Å². The van der Waals surface area contributed by atoms with Crippen molar-refractivity contribution in [2.45, 2.75) is 6.42 Å². The molecule has 6 nitrogen and oxygen atoms in total. The Balaban J connectivity index is 1.59. The molecule has 0 atom stereocenters. The zero-order chi connectivity index (χ0) is 14.9. The number of aromatic nitrogens is 4. The van der Waals surface area contributed by atoms with Crippen molar-refractivity contribution >= 4 is 23.2 Å². The molecule has 0 aliphatic carbocycles. The van der Waals surface area contributed by atoms with Gasteiger partial charge in [0.2, 0.25) is 5.28 Å². The average molecular weight is 314 g/mol. The summed E-state index contributed by atoms with van der Waals surface area (Å²) in [7, 11) is 0. The van der Waals surface area contributed by atoms with Crippen LogP contribution in [0.2, 0.25) is 5.28 Å². The number of halogens is 1. The molecule has 3 heterocycles. The summed E-state index contributed by atoms with van der Waals surface area (Å²) in [4.78, 5) is 7.91. The van der Waals surface area contributed by atoms with Gasteiger partial charge in [0, 0.05) is 24.2 Å². The number of nitrogens with one attached hydrogen (secondary N) is 2. The number of fused-ring (bicyclic) bond motifs is 1. The Morgan fingerprint density at radius 3 is 3.05 bits per heavy atom. The highest BCUT2D eigenvalue weighted by atomic mass is 35.5. The standard InChI is InChI=1S/C15H12ClN5O/c16-15-17-5-3-13(19-15)18-14-8-11(20-21-14)9-1-2-12-10(7-9)4-6-22-12/h1-3,5,7-8H,4,6H2,(H2,17,18,19,20,21). The molecular weight excluding hydrogens is 302 g/mol. The SMILES string of the molecule is Clc1nccc(Nc2cc(-c3ccc4c(c3)CCO4)[nH]n2)n1. The molecule has 0 fully saturated rings. The second-order valence-corrected chi connectivity index (χ2v) is 5.26. The predicted octanol–water partition coefficient (Wildman–Crippen LogP) is 3.20. The van der Waals surface area contributed by atoms with Gasteiger partial charge in [-0.3, -0.25) is 5.10 Å². The van der Waals surface area contributed by atoms with E-state index in [4.69, 9.17) is 16.3 Å². The van der Waals surface area contributed by atoms with E-state index in [1.807, 2.05) is 18.2 Å². The number of benzene rings is 1. The molecule has 1 aromatic carbocycles. The van der Waals surface area contributed by atoms with Gasteiger partial charge in [-0.2, -0.15) is 5.10 Å². The van der Waals surface area contributed by atoms with Gasteiger partial charge in [0.25, 0.3) is 0 Å². The molecule has 0 saturated carbocycles. The summed E-state index contributed by atoms with van der Waals surface area (Å²) in [5, 5.41) is 10.5. The third-order valence-corrected chi connectivity index (χ3v) is 3.64. The van der Waals surface area contributed by atoms with E-state index in [0.29, 0.717) is 11.6 Å². The topological polar surface area (TPSA) is 75.7 Å². The Morgan fingerprint density at radius 2 is 2.14 bits per heavy atom. The van der Waals surface area contributed by atoms with E-state index in [-0.39, 0.29) is 5.28 Å². The molecule has 0 spiro atoms. The normalized spacial score (nSPS) is 12.8. The van der Waals surface area contributed by atoms with Gasteiger partial charge < -0.3 is 10.1 Å². The van der Waals surface area contributed by atoms with Gasteiger partial charge in [0.05, 0.1) is 12.3 Å². The monoisotopic (exact) mass is 313 g/mol. The van der Waals surface area contributed by atoms with E-state index in [1.54, 1.807) is 12.3 Å². The summed E-state index contributed by atoms with van der Waals surface area (Å²) in [6, 6.07) is 9.79. The van der Waals surface area contributed by atoms with Gasteiger partial charge in [0.15, 0.2) is 5.82 Å². The Hall–Kier alpha value is -2.60. The second kappa shape index (κ2) is 5.31. The fourth-order valence-electron chi connectivity index (χ4n) is 2.42. The third-order valence-electron chi connectivity index (χ3n) is 3.46. The number of rotatable bonds is 3. The first-order chi connectivity index (χ1) is 10.8. The lowest BCUT2D eigenvalue weighted by Crippen LogP contribution is -1.94. The van der Waals surface area contributed by atoms with Crippen LogP contribution >= 0.6 is 11.6 Å². The van der Waals surface area contributed by atoms with E-state index in [9.17, 15) is 0 Å². The molecule has 0 bridgehead atoms. The molecule has 1 aliphatic rings. The van der Waals surface area contributed by atoms with Gasteiger partial charge in [-0.1, -0.05) is 0 Å². The summed E-state index contributed by atoms with van der Waals surface area (Å²) in [6.07, 6.45) is 2.54. The lowest BCUT2D eigenvalue weighted by Gasteiger charge is -2.01. The molecule has 2 N–H and O–H groups in total. The summed E-state index contributed by atoms with van der Waals surface area (Å²) < 4.78 is 5.52.